The van der Waals surface area contributed by atoms with Gasteiger partial charge in [-0.15, -0.1) is 0 Å². The molecule has 0 aromatic carbocycles. The smallest absolute Gasteiger partial charge is 0.180 e. The van der Waals surface area contributed by atoms with Gasteiger partial charge in [-0.3, -0.25) is 0 Å². The van der Waals surface area contributed by atoms with Gasteiger partial charge in [-0.1, -0.05) is 20.8 Å². The number of nitrogens with zero attached hydrogens (tertiary/aromatic N) is 4. The molecule has 5 nitrogen and oxygen atoms in total. The predicted octanol–water partition coefficient (Wildman–Crippen LogP) is 3.62. The Kier molecular flexibility index (Phi) is 3.90. The summed E-state index contributed by atoms with van der Waals surface area (Å²) in [7, 11) is 0. The average Bonchev–Trinajstić information content (AvgIpc) is 3.21. The maximum absolute atomic E-state index is 4.74. The molecule has 1 saturated carbocycles. The third-order valence-electron chi connectivity index (χ3n) is 3.73. The lowest BCUT2D eigenvalue weighted by Crippen LogP contribution is -2.07. The molecule has 0 amide bonds. The van der Waals surface area contributed by atoms with Crippen LogP contribution in [0, 0.1) is 0 Å². The molecule has 2 heterocycles. The minimum Gasteiger partial charge on any atom is -0.370 e. The molecular weight excluding hydrogens is 262 g/mol. The molecule has 3 rings (SSSR count). The van der Waals surface area contributed by atoms with Crippen molar-refractivity contribution >= 4 is 5.82 Å². The van der Waals surface area contributed by atoms with E-state index in [1.807, 2.05) is 12.5 Å². The molecule has 2 aromatic rings. The number of rotatable bonds is 6. The van der Waals surface area contributed by atoms with Crippen molar-refractivity contribution in [3.63, 3.8) is 0 Å². The van der Waals surface area contributed by atoms with Crippen LogP contribution in [0.2, 0.25) is 0 Å². The van der Waals surface area contributed by atoms with Gasteiger partial charge in [0.2, 0.25) is 0 Å². The summed E-state index contributed by atoms with van der Waals surface area (Å²) in [6.07, 6.45) is 7.32. The van der Waals surface area contributed by atoms with Crippen molar-refractivity contribution in [2.45, 2.75) is 52.0 Å². The van der Waals surface area contributed by atoms with E-state index in [2.05, 4.69) is 46.7 Å². The fourth-order valence-electron chi connectivity index (χ4n) is 2.34. The second kappa shape index (κ2) is 5.84. The number of imidazole rings is 1. The monoisotopic (exact) mass is 285 g/mol. The zero-order chi connectivity index (χ0) is 14.8. The lowest BCUT2D eigenvalue weighted by atomic mass is 10.1. The minimum absolute atomic E-state index is 0.381. The second-order valence-electron chi connectivity index (χ2n) is 6.00. The van der Waals surface area contributed by atoms with Gasteiger partial charge in [-0.05, 0) is 25.2 Å². The van der Waals surface area contributed by atoms with Crippen molar-refractivity contribution in [2.75, 3.05) is 11.9 Å². The van der Waals surface area contributed by atoms with Gasteiger partial charge >= 0.3 is 0 Å². The van der Waals surface area contributed by atoms with Gasteiger partial charge in [-0.2, -0.15) is 0 Å². The van der Waals surface area contributed by atoms with E-state index in [0.717, 1.165) is 36.0 Å². The normalized spacial score (nSPS) is 14.7. The van der Waals surface area contributed by atoms with E-state index < -0.39 is 0 Å². The summed E-state index contributed by atoms with van der Waals surface area (Å²) in [6.45, 7) is 7.40. The molecule has 0 aliphatic heterocycles. The fourth-order valence-corrected chi connectivity index (χ4v) is 2.34. The molecule has 2 aromatic heterocycles. The van der Waals surface area contributed by atoms with E-state index in [1.54, 1.807) is 0 Å². The van der Waals surface area contributed by atoms with E-state index >= 15 is 0 Å². The summed E-state index contributed by atoms with van der Waals surface area (Å²) < 4.78 is 2.21. The van der Waals surface area contributed by atoms with E-state index in [4.69, 9.17) is 4.98 Å². The summed E-state index contributed by atoms with van der Waals surface area (Å²) in [6, 6.07) is 2.64. The minimum atomic E-state index is 0.381. The third kappa shape index (κ3) is 3.06. The molecule has 0 spiro atoms. The SMILES string of the molecule is CCCNc1cc(C(C)C)nc(-c2cncn2C2CC2)n1. The zero-order valence-corrected chi connectivity index (χ0v) is 13.0. The lowest BCUT2D eigenvalue weighted by molar-refractivity contribution is 0.739. The van der Waals surface area contributed by atoms with Crippen LogP contribution < -0.4 is 5.32 Å². The molecule has 0 unspecified atom stereocenters. The zero-order valence-electron chi connectivity index (χ0n) is 13.0. The molecule has 5 heteroatoms. The van der Waals surface area contributed by atoms with Crippen LogP contribution in [0.1, 0.15) is 57.7 Å². The first kappa shape index (κ1) is 14.0. The van der Waals surface area contributed by atoms with Crippen LogP contribution in [0.15, 0.2) is 18.6 Å². The first-order valence-corrected chi connectivity index (χ1v) is 7.84. The number of hydrogen-bond acceptors (Lipinski definition) is 4. The maximum atomic E-state index is 4.74. The Hall–Kier alpha value is -1.91. The highest BCUT2D eigenvalue weighted by Crippen LogP contribution is 2.37. The number of nitrogens with one attached hydrogen (secondary N) is 1. The van der Waals surface area contributed by atoms with Crippen molar-refractivity contribution in [3.05, 3.63) is 24.3 Å². The summed E-state index contributed by atoms with van der Waals surface area (Å²) in [5.41, 5.74) is 2.10. The quantitative estimate of drug-likeness (QED) is 0.880. The standard InChI is InChI=1S/C16H23N5/c1-4-7-18-15-8-13(11(2)3)19-16(20-15)14-9-17-10-21(14)12-5-6-12/h8-12H,4-7H2,1-3H3,(H,18,19,20). The van der Waals surface area contributed by atoms with Crippen LogP contribution in [0.25, 0.3) is 11.5 Å². The summed E-state index contributed by atoms with van der Waals surface area (Å²) in [5, 5.41) is 3.38. The van der Waals surface area contributed by atoms with Gasteiger partial charge < -0.3 is 9.88 Å². The average molecular weight is 285 g/mol. The Morgan fingerprint density at radius 3 is 2.81 bits per heavy atom. The molecule has 0 bridgehead atoms. The van der Waals surface area contributed by atoms with Crippen LogP contribution >= 0.6 is 0 Å². The summed E-state index contributed by atoms with van der Waals surface area (Å²) >= 11 is 0. The van der Waals surface area contributed by atoms with Crippen LogP contribution in [-0.4, -0.2) is 26.1 Å². The van der Waals surface area contributed by atoms with Gasteiger partial charge in [0.25, 0.3) is 0 Å². The summed E-state index contributed by atoms with van der Waals surface area (Å²) in [5.74, 6) is 2.07. The second-order valence-corrected chi connectivity index (χ2v) is 6.00. The van der Waals surface area contributed by atoms with Crippen molar-refractivity contribution in [1.82, 2.24) is 19.5 Å². The van der Waals surface area contributed by atoms with Gasteiger partial charge in [0.1, 0.15) is 11.5 Å². The Labute approximate surface area is 125 Å². The molecule has 1 aliphatic rings. The third-order valence-corrected chi connectivity index (χ3v) is 3.73. The highest BCUT2D eigenvalue weighted by Gasteiger charge is 2.26. The van der Waals surface area contributed by atoms with Gasteiger partial charge in [0.05, 0.1) is 12.5 Å². The first-order chi connectivity index (χ1) is 10.2. The molecule has 1 aliphatic carbocycles. The molecule has 1 N–H and O–H groups in total. The summed E-state index contributed by atoms with van der Waals surface area (Å²) in [4.78, 5) is 13.7. The predicted molar refractivity (Wildman–Crippen MR) is 84.4 cm³/mol. The van der Waals surface area contributed by atoms with Crippen LogP contribution in [-0.2, 0) is 0 Å². The van der Waals surface area contributed by atoms with Crippen LogP contribution in [0.3, 0.4) is 0 Å². The van der Waals surface area contributed by atoms with Crippen molar-refractivity contribution < 1.29 is 0 Å². The molecule has 0 saturated heterocycles. The van der Waals surface area contributed by atoms with E-state index in [-0.39, 0.29) is 0 Å². The van der Waals surface area contributed by atoms with Crippen molar-refractivity contribution in [2.24, 2.45) is 0 Å². The van der Waals surface area contributed by atoms with E-state index in [1.165, 1.54) is 12.8 Å². The van der Waals surface area contributed by atoms with Crippen LogP contribution in [0.5, 0.6) is 0 Å². The Bertz CT molecular complexity index is 613. The van der Waals surface area contributed by atoms with Gasteiger partial charge in [0, 0.05) is 24.3 Å². The van der Waals surface area contributed by atoms with Gasteiger partial charge in [-0.25, -0.2) is 15.0 Å². The Balaban J connectivity index is 1.99. The molecule has 0 atom stereocenters. The lowest BCUT2D eigenvalue weighted by Gasteiger charge is -2.12. The number of aromatic nitrogens is 4. The Morgan fingerprint density at radius 1 is 1.33 bits per heavy atom. The molecule has 112 valence electrons. The molecule has 1 fully saturated rings. The molecule has 21 heavy (non-hydrogen) atoms. The van der Waals surface area contributed by atoms with Gasteiger partial charge in [0.15, 0.2) is 5.82 Å². The van der Waals surface area contributed by atoms with Crippen molar-refractivity contribution in [1.29, 1.82) is 0 Å². The number of anilines is 1. The highest BCUT2D eigenvalue weighted by molar-refractivity contribution is 5.53. The largest absolute Gasteiger partial charge is 0.370 e. The van der Waals surface area contributed by atoms with Crippen LogP contribution in [0.4, 0.5) is 5.82 Å². The topological polar surface area (TPSA) is 55.6 Å². The van der Waals surface area contributed by atoms with E-state index in [0.29, 0.717) is 12.0 Å². The first-order valence-electron chi connectivity index (χ1n) is 7.84. The Morgan fingerprint density at radius 2 is 2.14 bits per heavy atom. The maximum Gasteiger partial charge on any atom is 0.180 e. The van der Waals surface area contributed by atoms with Crippen molar-refractivity contribution in [3.8, 4) is 11.5 Å². The fraction of sp³-hybridized carbons (Fsp3) is 0.562. The molecule has 0 radical (unpaired) electrons. The highest BCUT2D eigenvalue weighted by atomic mass is 15.1. The molecular formula is C16H23N5. The van der Waals surface area contributed by atoms with E-state index in [9.17, 15) is 0 Å². The number of hydrogen-bond donors (Lipinski definition) is 1.